The summed E-state index contributed by atoms with van der Waals surface area (Å²) in [6.07, 6.45) is 0.717. The Labute approximate surface area is 120 Å². The van der Waals surface area contributed by atoms with Gasteiger partial charge in [-0.15, -0.1) is 10.2 Å². The molecular formula is C11H11Cl2N3O2S. The molecule has 1 heterocycles. The molecule has 0 aliphatic heterocycles. The third kappa shape index (κ3) is 2.91. The Morgan fingerprint density at radius 1 is 1.26 bits per heavy atom. The van der Waals surface area contributed by atoms with E-state index >= 15 is 0 Å². The Hall–Kier alpha value is -1.11. The molecule has 2 rings (SSSR count). The lowest BCUT2D eigenvalue weighted by Crippen LogP contribution is -2.07. The molecule has 0 N–H and O–H groups in total. The summed E-state index contributed by atoms with van der Waals surface area (Å²) < 4.78 is 24.4. The molecule has 0 saturated heterocycles. The van der Waals surface area contributed by atoms with Gasteiger partial charge in [0.05, 0.1) is 5.02 Å². The molecule has 102 valence electrons. The highest BCUT2D eigenvalue weighted by molar-refractivity contribution is 8.13. The molecule has 2 aromatic rings. The van der Waals surface area contributed by atoms with Gasteiger partial charge in [-0.25, -0.2) is 8.42 Å². The first-order valence-corrected chi connectivity index (χ1v) is 8.26. The molecule has 0 aliphatic rings. The average molecular weight is 320 g/mol. The average Bonchev–Trinajstić information content (AvgIpc) is 2.74. The summed E-state index contributed by atoms with van der Waals surface area (Å²) in [6.45, 7) is 2.36. The van der Waals surface area contributed by atoms with Crippen LogP contribution in [0, 0.1) is 0 Å². The first-order chi connectivity index (χ1) is 8.95. The minimum Gasteiger partial charge on any atom is -0.297 e. The lowest BCUT2D eigenvalue weighted by atomic mass is 10.2. The van der Waals surface area contributed by atoms with Gasteiger partial charge in [-0.05, 0) is 18.6 Å². The van der Waals surface area contributed by atoms with Gasteiger partial charge in [0.25, 0.3) is 14.2 Å². The van der Waals surface area contributed by atoms with Crippen molar-refractivity contribution in [2.45, 2.75) is 25.0 Å². The molecular weight excluding hydrogens is 309 g/mol. The van der Waals surface area contributed by atoms with Crippen molar-refractivity contribution in [3.05, 3.63) is 29.3 Å². The maximum atomic E-state index is 11.5. The SMILES string of the molecule is CCCn1c(-c2ccccc2Cl)nnc1S(=O)(=O)Cl. The number of aromatic nitrogens is 3. The number of hydrogen-bond donors (Lipinski definition) is 0. The van der Waals surface area contributed by atoms with Gasteiger partial charge in [0.1, 0.15) is 0 Å². The minimum absolute atomic E-state index is 0.258. The number of benzene rings is 1. The third-order valence-corrected chi connectivity index (χ3v) is 3.98. The van der Waals surface area contributed by atoms with E-state index in [9.17, 15) is 8.42 Å². The predicted molar refractivity (Wildman–Crippen MR) is 73.8 cm³/mol. The van der Waals surface area contributed by atoms with Crippen LogP contribution < -0.4 is 0 Å². The van der Waals surface area contributed by atoms with Crippen LogP contribution in [0.3, 0.4) is 0 Å². The third-order valence-electron chi connectivity index (χ3n) is 2.50. The van der Waals surface area contributed by atoms with E-state index in [-0.39, 0.29) is 5.16 Å². The summed E-state index contributed by atoms with van der Waals surface area (Å²) in [5.74, 6) is 0.395. The highest BCUT2D eigenvalue weighted by atomic mass is 35.7. The van der Waals surface area contributed by atoms with E-state index in [1.165, 1.54) is 4.57 Å². The highest BCUT2D eigenvalue weighted by Gasteiger charge is 2.23. The second kappa shape index (κ2) is 5.48. The standard InChI is InChI=1S/C11H11Cl2N3O2S/c1-2-7-16-10(8-5-3-4-6-9(8)12)14-15-11(16)19(13,17)18/h3-6H,2,7H2,1H3. The number of hydrogen-bond acceptors (Lipinski definition) is 4. The summed E-state index contributed by atoms with van der Waals surface area (Å²) in [5, 5.41) is 7.77. The molecule has 0 spiro atoms. The molecule has 0 amide bonds. The molecule has 19 heavy (non-hydrogen) atoms. The van der Waals surface area contributed by atoms with Crippen LogP contribution in [-0.4, -0.2) is 23.2 Å². The first-order valence-electron chi connectivity index (χ1n) is 5.58. The summed E-state index contributed by atoms with van der Waals surface area (Å²) in [7, 11) is 1.42. The lowest BCUT2D eigenvalue weighted by molar-refractivity contribution is 0.570. The van der Waals surface area contributed by atoms with Crippen LogP contribution in [0.1, 0.15) is 13.3 Å². The monoisotopic (exact) mass is 319 g/mol. The van der Waals surface area contributed by atoms with Crippen molar-refractivity contribution >= 4 is 31.3 Å². The van der Waals surface area contributed by atoms with Crippen molar-refractivity contribution in [1.29, 1.82) is 0 Å². The maximum absolute atomic E-state index is 11.5. The van der Waals surface area contributed by atoms with E-state index in [2.05, 4.69) is 10.2 Å². The van der Waals surface area contributed by atoms with E-state index in [1.54, 1.807) is 24.3 Å². The van der Waals surface area contributed by atoms with Crippen molar-refractivity contribution < 1.29 is 8.42 Å². The van der Waals surface area contributed by atoms with Crippen molar-refractivity contribution in [3.8, 4) is 11.4 Å². The van der Waals surface area contributed by atoms with Gasteiger partial charge >= 0.3 is 0 Å². The van der Waals surface area contributed by atoms with Crippen LogP contribution in [0.2, 0.25) is 5.02 Å². The van der Waals surface area contributed by atoms with Gasteiger partial charge < -0.3 is 0 Å². The van der Waals surface area contributed by atoms with E-state index in [0.717, 1.165) is 6.42 Å². The van der Waals surface area contributed by atoms with Crippen LogP contribution in [0.4, 0.5) is 0 Å². The number of rotatable bonds is 4. The summed E-state index contributed by atoms with van der Waals surface area (Å²) in [5.41, 5.74) is 0.622. The molecule has 5 nitrogen and oxygen atoms in total. The number of halogens is 2. The highest BCUT2D eigenvalue weighted by Crippen LogP contribution is 2.28. The fourth-order valence-corrected chi connectivity index (χ4v) is 2.88. The van der Waals surface area contributed by atoms with Crippen molar-refractivity contribution in [2.24, 2.45) is 0 Å². The molecule has 0 saturated carbocycles. The van der Waals surface area contributed by atoms with Crippen LogP contribution in [0.5, 0.6) is 0 Å². The molecule has 1 aromatic heterocycles. The van der Waals surface area contributed by atoms with Crippen LogP contribution in [0.15, 0.2) is 29.4 Å². The van der Waals surface area contributed by atoms with Gasteiger partial charge in [-0.1, -0.05) is 30.7 Å². The normalized spacial score (nSPS) is 11.7. The summed E-state index contributed by atoms with van der Waals surface area (Å²) in [4.78, 5) is 0. The molecule has 0 radical (unpaired) electrons. The summed E-state index contributed by atoms with van der Waals surface area (Å²) >= 11 is 6.09. The van der Waals surface area contributed by atoms with Crippen LogP contribution in [-0.2, 0) is 15.6 Å². The molecule has 0 unspecified atom stereocenters. The van der Waals surface area contributed by atoms with E-state index in [4.69, 9.17) is 22.3 Å². The fraction of sp³-hybridized carbons (Fsp3) is 0.273. The van der Waals surface area contributed by atoms with E-state index < -0.39 is 9.05 Å². The van der Waals surface area contributed by atoms with Gasteiger partial charge in [-0.2, -0.15) is 0 Å². The van der Waals surface area contributed by atoms with Gasteiger partial charge in [0.15, 0.2) is 5.82 Å². The molecule has 8 heteroatoms. The van der Waals surface area contributed by atoms with Crippen LogP contribution >= 0.6 is 22.3 Å². The van der Waals surface area contributed by atoms with Crippen molar-refractivity contribution in [2.75, 3.05) is 0 Å². The lowest BCUT2D eigenvalue weighted by Gasteiger charge is -2.08. The second-order valence-electron chi connectivity index (χ2n) is 3.88. The zero-order chi connectivity index (χ0) is 14.0. The van der Waals surface area contributed by atoms with Crippen LogP contribution in [0.25, 0.3) is 11.4 Å². The fourth-order valence-electron chi connectivity index (χ4n) is 1.74. The largest absolute Gasteiger partial charge is 0.297 e. The smallest absolute Gasteiger partial charge is 0.296 e. The summed E-state index contributed by atoms with van der Waals surface area (Å²) in [6, 6.07) is 7.03. The molecule has 0 atom stereocenters. The second-order valence-corrected chi connectivity index (χ2v) is 6.74. The minimum atomic E-state index is -3.94. The van der Waals surface area contributed by atoms with Crippen molar-refractivity contribution in [1.82, 2.24) is 14.8 Å². The van der Waals surface area contributed by atoms with E-state index in [1.807, 2.05) is 6.92 Å². The van der Waals surface area contributed by atoms with Gasteiger partial charge in [0, 0.05) is 22.8 Å². The zero-order valence-corrected chi connectivity index (χ0v) is 12.4. The maximum Gasteiger partial charge on any atom is 0.296 e. The molecule has 0 fully saturated rings. The molecule has 1 aromatic carbocycles. The Morgan fingerprint density at radius 2 is 1.95 bits per heavy atom. The van der Waals surface area contributed by atoms with E-state index in [0.29, 0.717) is 23.0 Å². The zero-order valence-electron chi connectivity index (χ0n) is 10.0. The topological polar surface area (TPSA) is 64.8 Å². The molecule has 0 aliphatic carbocycles. The first kappa shape index (κ1) is 14.3. The van der Waals surface area contributed by atoms with Gasteiger partial charge in [0.2, 0.25) is 0 Å². The van der Waals surface area contributed by atoms with Gasteiger partial charge in [-0.3, -0.25) is 4.57 Å². The Morgan fingerprint density at radius 3 is 2.53 bits per heavy atom. The predicted octanol–water partition coefficient (Wildman–Crippen LogP) is 2.94. The van der Waals surface area contributed by atoms with Crippen molar-refractivity contribution in [3.63, 3.8) is 0 Å². The number of nitrogens with zero attached hydrogens (tertiary/aromatic N) is 3. The Balaban J connectivity index is 2.66. The Kier molecular flexibility index (Phi) is 4.13. The Bertz CT molecular complexity index is 698. The quantitative estimate of drug-likeness (QED) is 0.813. The molecule has 0 bridgehead atoms.